The molecule has 2 N–H and O–H groups in total. The van der Waals surface area contributed by atoms with Crippen LogP contribution < -0.4 is 10.6 Å². The molecule has 0 bridgehead atoms. The smallest absolute Gasteiger partial charge is 0.226 e. The topological polar surface area (TPSA) is 41.1 Å². The second kappa shape index (κ2) is 6.27. The lowest BCUT2D eigenvalue weighted by molar-refractivity contribution is -0.130. The minimum absolute atomic E-state index is 0.0449. The highest BCUT2D eigenvalue weighted by atomic mass is 16.2. The predicted octanol–water partition coefficient (Wildman–Crippen LogP) is 3.68. The van der Waals surface area contributed by atoms with Crippen molar-refractivity contribution in [3.05, 3.63) is 35.9 Å². The number of hydrogen-bond acceptors (Lipinski definition) is 2. The fourth-order valence-electron chi connectivity index (χ4n) is 3.99. The third-order valence-corrected chi connectivity index (χ3v) is 4.63. The van der Waals surface area contributed by atoms with Crippen LogP contribution in [0, 0.1) is 5.41 Å². The lowest BCUT2D eigenvalue weighted by Gasteiger charge is -2.47. The van der Waals surface area contributed by atoms with Crippen LogP contribution in [0.2, 0.25) is 0 Å². The minimum Gasteiger partial charge on any atom is -0.353 e. The zero-order valence-electron chi connectivity index (χ0n) is 15.5. The van der Waals surface area contributed by atoms with Gasteiger partial charge in [-0.2, -0.15) is 0 Å². The first-order valence-electron chi connectivity index (χ1n) is 8.63. The third-order valence-electron chi connectivity index (χ3n) is 4.63. The van der Waals surface area contributed by atoms with Crippen LogP contribution in [0.4, 0.5) is 0 Å². The predicted molar refractivity (Wildman–Crippen MR) is 96.4 cm³/mol. The van der Waals surface area contributed by atoms with E-state index in [1.54, 1.807) is 0 Å². The Labute approximate surface area is 141 Å². The maximum Gasteiger partial charge on any atom is 0.226 e. The van der Waals surface area contributed by atoms with Gasteiger partial charge in [0.2, 0.25) is 5.91 Å². The summed E-state index contributed by atoms with van der Waals surface area (Å²) in [7, 11) is 0. The summed E-state index contributed by atoms with van der Waals surface area (Å²) in [6, 6.07) is 10.5. The third kappa shape index (κ3) is 5.07. The molecule has 1 heterocycles. The number of amides is 1. The summed E-state index contributed by atoms with van der Waals surface area (Å²) < 4.78 is 0. The van der Waals surface area contributed by atoms with E-state index in [9.17, 15) is 4.79 Å². The molecule has 0 radical (unpaired) electrons. The fourth-order valence-corrected chi connectivity index (χ4v) is 3.99. The van der Waals surface area contributed by atoms with E-state index in [0.29, 0.717) is 0 Å². The van der Waals surface area contributed by atoms with Crippen LogP contribution in [0.5, 0.6) is 0 Å². The molecule has 1 amide bonds. The van der Waals surface area contributed by atoms with Gasteiger partial charge in [0.25, 0.3) is 0 Å². The van der Waals surface area contributed by atoms with Gasteiger partial charge < -0.3 is 10.6 Å². The van der Waals surface area contributed by atoms with Crippen molar-refractivity contribution in [3.63, 3.8) is 0 Å². The van der Waals surface area contributed by atoms with Gasteiger partial charge in [0.1, 0.15) is 0 Å². The number of rotatable bonds is 4. The molecule has 3 nitrogen and oxygen atoms in total. The Balaban J connectivity index is 2.02. The first-order valence-corrected chi connectivity index (χ1v) is 8.63. The van der Waals surface area contributed by atoms with Crippen LogP contribution in [0.1, 0.15) is 59.9 Å². The molecule has 1 fully saturated rings. The van der Waals surface area contributed by atoms with Crippen LogP contribution in [-0.2, 0) is 11.2 Å². The number of piperidine rings is 1. The molecule has 23 heavy (non-hydrogen) atoms. The molecule has 0 unspecified atom stereocenters. The summed E-state index contributed by atoms with van der Waals surface area (Å²) in [5.74, 6) is 0.153. The van der Waals surface area contributed by atoms with Gasteiger partial charge in [-0.05, 0) is 52.5 Å². The normalized spacial score (nSPS) is 21.0. The second-order valence-electron chi connectivity index (χ2n) is 9.02. The lowest BCUT2D eigenvalue weighted by Crippen LogP contribution is -2.62. The highest BCUT2D eigenvalue weighted by Crippen LogP contribution is 2.30. The summed E-state index contributed by atoms with van der Waals surface area (Å²) in [5.41, 5.74) is 0.895. The Morgan fingerprint density at radius 1 is 1.13 bits per heavy atom. The van der Waals surface area contributed by atoms with E-state index in [0.717, 1.165) is 19.3 Å². The number of carbonyl (C=O) groups excluding carboxylic acids is 1. The number of benzene rings is 1. The molecular weight excluding hydrogens is 284 g/mol. The van der Waals surface area contributed by atoms with E-state index in [-0.39, 0.29) is 23.0 Å². The van der Waals surface area contributed by atoms with E-state index in [2.05, 4.69) is 50.5 Å². The molecule has 0 atom stereocenters. The maximum absolute atomic E-state index is 12.8. The van der Waals surface area contributed by atoms with Crippen molar-refractivity contribution in [2.24, 2.45) is 5.41 Å². The summed E-state index contributed by atoms with van der Waals surface area (Å²) in [4.78, 5) is 12.8. The van der Waals surface area contributed by atoms with E-state index < -0.39 is 5.41 Å². The van der Waals surface area contributed by atoms with Crippen molar-refractivity contribution in [3.8, 4) is 0 Å². The molecule has 3 heteroatoms. The van der Waals surface area contributed by atoms with Gasteiger partial charge >= 0.3 is 0 Å². The van der Waals surface area contributed by atoms with Crippen LogP contribution in [0.15, 0.2) is 30.3 Å². The van der Waals surface area contributed by atoms with E-state index in [4.69, 9.17) is 0 Å². The molecule has 0 aromatic heterocycles. The van der Waals surface area contributed by atoms with E-state index in [1.165, 1.54) is 5.56 Å². The van der Waals surface area contributed by atoms with Crippen molar-refractivity contribution in [1.82, 2.24) is 10.6 Å². The highest BCUT2D eigenvalue weighted by molar-refractivity contribution is 5.82. The SMILES string of the molecule is CC1(C)CC(NC(=O)C(C)(C)Cc2ccccc2)CC(C)(C)N1. The number of nitrogens with one attached hydrogen (secondary N) is 2. The summed E-state index contributed by atoms with van der Waals surface area (Å²) in [6.07, 6.45) is 2.69. The lowest BCUT2D eigenvalue weighted by atomic mass is 9.78. The van der Waals surface area contributed by atoms with Gasteiger partial charge in [-0.1, -0.05) is 44.2 Å². The Kier molecular flexibility index (Phi) is 4.91. The minimum atomic E-state index is -0.402. The summed E-state index contributed by atoms with van der Waals surface area (Å²) in [6.45, 7) is 12.9. The molecule has 1 saturated heterocycles. The average Bonchev–Trinajstić information content (AvgIpc) is 2.35. The molecule has 1 aliphatic rings. The van der Waals surface area contributed by atoms with Crippen molar-refractivity contribution < 1.29 is 4.79 Å². The van der Waals surface area contributed by atoms with Gasteiger partial charge in [0.05, 0.1) is 0 Å². The monoisotopic (exact) mass is 316 g/mol. The largest absolute Gasteiger partial charge is 0.353 e. The molecule has 2 rings (SSSR count). The van der Waals surface area contributed by atoms with Crippen molar-refractivity contribution in [2.45, 2.75) is 77.9 Å². The van der Waals surface area contributed by atoms with Crippen LogP contribution in [-0.4, -0.2) is 23.0 Å². The fraction of sp³-hybridized carbons (Fsp3) is 0.650. The first kappa shape index (κ1) is 18.0. The van der Waals surface area contributed by atoms with E-state index in [1.807, 2.05) is 32.0 Å². The Bertz CT molecular complexity index is 530. The van der Waals surface area contributed by atoms with Gasteiger partial charge in [0.15, 0.2) is 0 Å². The van der Waals surface area contributed by atoms with Gasteiger partial charge in [0, 0.05) is 22.5 Å². The van der Waals surface area contributed by atoms with Crippen LogP contribution >= 0.6 is 0 Å². The molecule has 1 aliphatic heterocycles. The van der Waals surface area contributed by atoms with Gasteiger partial charge in [-0.3, -0.25) is 4.79 Å². The average molecular weight is 316 g/mol. The van der Waals surface area contributed by atoms with Crippen molar-refractivity contribution in [1.29, 1.82) is 0 Å². The molecule has 1 aromatic rings. The highest BCUT2D eigenvalue weighted by Gasteiger charge is 2.39. The zero-order valence-corrected chi connectivity index (χ0v) is 15.5. The second-order valence-corrected chi connectivity index (χ2v) is 9.02. The quantitative estimate of drug-likeness (QED) is 0.889. The Hall–Kier alpha value is -1.35. The summed E-state index contributed by atoms with van der Waals surface area (Å²) >= 11 is 0. The first-order chi connectivity index (χ1) is 10.5. The molecular formula is C20H32N2O. The molecule has 0 saturated carbocycles. The van der Waals surface area contributed by atoms with Crippen molar-refractivity contribution >= 4 is 5.91 Å². The molecule has 0 spiro atoms. The van der Waals surface area contributed by atoms with Gasteiger partial charge in [-0.25, -0.2) is 0 Å². The van der Waals surface area contributed by atoms with E-state index >= 15 is 0 Å². The maximum atomic E-state index is 12.8. The van der Waals surface area contributed by atoms with Crippen LogP contribution in [0.25, 0.3) is 0 Å². The van der Waals surface area contributed by atoms with Crippen LogP contribution in [0.3, 0.4) is 0 Å². The molecule has 128 valence electrons. The van der Waals surface area contributed by atoms with Gasteiger partial charge in [-0.15, -0.1) is 0 Å². The molecule has 0 aliphatic carbocycles. The summed E-state index contributed by atoms with van der Waals surface area (Å²) in [5, 5.41) is 6.97. The Morgan fingerprint density at radius 3 is 2.17 bits per heavy atom. The Morgan fingerprint density at radius 2 is 1.65 bits per heavy atom. The standard InChI is InChI=1S/C20H32N2O/c1-18(2,12-15-10-8-7-9-11-15)17(23)21-16-13-19(3,4)22-20(5,6)14-16/h7-11,16,22H,12-14H2,1-6H3,(H,21,23). The molecule has 1 aromatic carbocycles. The number of hydrogen-bond donors (Lipinski definition) is 2. The number of carbonyl (C=O) groups is 1. The zero-order chi connectivity index (χ0) is 17.3. The van der Waals surface area contributed by atoms with Crippen molar-refractivity contribution in [2.75, 3.05) is 0 Å².